The Morgan fingerprint density at radius 2 is 1.55 bits per heavy atom. The van der Waals surface area contributed by atoms with E-state index in [1.54, 1.807) is 4.90 Å². The second-order valence-corrected chi connectivity index (χ2v) is 6.32. The van der Waals surface area contributed by atoms with Crippen LogP contribution in [0.25, 0.3) is 0 Å². The highest BCUT2D eigenvalue weighted by molar-refractivity contribution is 7.86. The van der Waals surface area contributed by atoms with E-state index in [1.165, 1.54) is 4.31 Å². The van der Waals surface area contributed by atoms with Crippen LogP contribution in [0.1, 0.15) is 32.1 Å². The van der Waals surface area contributed by atoms with E-state index in [0.717, 1.165) is 25.7 Å². The molecule has 1 amide bonds. The van der Waals surface area contributed by atoms with Gasteiger partial charge in [-0.25, -0.2) is 5.14 Å². The molecule has 20 heavy (non-hydrogen) atoms. The molecule has 0 unspecified atom stereocenters. The Balaban J connectivity index is 0.00000361. The smallest absolute Gasteiger partial charge is 0.277 e. The SMILES string of the molecule is Cl.NCCCCCCC(=O)N1CCN(S(N)(=O)=O)CC1. The number of hydrogen-bond donors (Lipinski definition) is 2. The van der Waals surface area contributed by atoms with Crippen molar-refractivity contribution >= 4 is 28.5 Å². The summed E-state index contributed by atoms with van der Waals surface area (Å²) in [5.41, 5.74) is 5.40. The summed E-state index contributed by atoms with van der Waals surface area (Å²) in [5.74, 6) is 0.0989. The molecule has 9 heteroatoms. The van der Waals surface area contributed by atoms with Gasteiger partial charge in [-0.1, -0.05) is 12.8 Å². The van der Waals surface area contributed by atoms with Crippen molar-refractivity contribution in [1.29, 1.82) is 0 Å². The summed E-state index contributed by atoms with van der Waals surface area (Å²) in [4.78, 5) is 13.6. The maximum atomic E-state index is 11.9. The fourth-order valence-corrected chi connectivity index (χ4v) is 2.80. The van der Waals surface area contributed by atoms with Gasteiger partial charge in [-0.3, -0.25) is 4.79 Å². The number of nitrogens with zero attached hydrogens (tertiary/aromatic N) is 2. The molecule has 0 saturated carbocycles. The van der Waals surface area contributed by atoms with Crippen molar-refractivity contribution in [2.75, 3.05) is 32.7 Å². The second kappa shape index (κ2) is 9.51. The highest BCUT2D eigenvalue weighted by Gasteiger charge is 2.25. The third kappa shape index (κ3) is 6.85. The fraction of sp³-hybridized carbons (Fsp3) is 0.909. The fourth-order valence-electron chi connectivity index (χ4n) is 2.12. The Kier molecular flexibility index (Phi) is 9.32. The molecule has 0 aromatic carbocycles. The lowest BCUT2D eigenvalue weighted by Gasteiger charge is -2.33. The van der Waals surface area contributed by atoms with Gasteiger partial charge in [0.1, 0.15) is 0 Å². The Hall–Kier alpha value is -0.410. The summed E-state index contributed by atoms with van der Waals surface area (Å²) in [5, 5.41) is 5.04. The van der Waals surface area contributed by atoms with Gasteiger partial charge in [0, 0.05) is 32.6 Å². The molecular formula is C11H25ClN4O3S. The molecular weight excluding hydrogens is 304 g/mol. The van der Waals surface area contributed by atoms with E-state index in [-0.39, 0.29) is 31.4 Å². The van der Waals surface area contributed by atoms with Crippen molar-refractivity contribution in [2.24, 2.45) is 10.9 Å². The van der Waals surface area contributed by atoms with Crippen LogP contribution in [0.4, 0.5) is 0 Å². The zero-order valence-corrected chi connectivity index (χ0v) is 13.3. The van der Waals surface area contributed by atoms with Gasteiger partial charge in [0.15, 0.2) is 0 Å². The van der Waals surface area contributed by atoms with Gasteiger partial charge >= 0.3 is 0 Å². The van der Waals surface area contributed by atoms with Crippen molar-refractivity contribution in [3.8, 4) is 0 Å². The number of halogens is 1. The van der Waals surface area contributed by atoms with Crippen LogP contribution in [0.2, 0.25) is 0 Å². The number of carbonyl (C=O) groups is 1. The minimum Gasteiger partial charge on any atom is -0.340 e. The molecule has 0 bridgehead atoms. The maximum absolute atomic E-state index is 11.9. The zero-order chi connectivity index (χ0) is 14.3. The van der Waals surface area contributed by atoms with Crippen LogP contribution in [-0.4, -0.2) is 56.3 Å². The molecule has 4 N–H and O–H groups in total. The summed E-state index contributed by atoms with van der Waals surface area (Å²) in [7, 11) is -3.62. The van der Waals surface area contributed by atoms with Crippen LogP contribution >= 0.6 is 12.4 Å². The summed E-state index contributed by atoms with van der Waals surface area (Å²) in [6.07, 6.45) is 4.47. The predicted molar refractivity (Wildman–Crippen MR) is 80.6 cm³/mol. The summed E-state index contributed by atoms with van der Waals surface area (Å²) >= 11 is 0. The molecule has 1 saturated heterocycles. The highest BCUT2D eigenvalue weighted by Crippen LogP contribution is 2.09. The quantitative estimate of drug-likeness (QED) is 0.623. The van der Waals surface area contributed by atoms with Gasteiger partial charge in [-0.05, 0) is 19.4 Å². The van der Waals surface area contributed by atoms with E-state index in [2.05, 4.69) is 0 Å². The molecule has 0 aromatic rings. The number of nitrogens with two attached hydrogens (primary N) is 2. The van der Waals surface area contributed by atoms with Crippen molar-refractivity contribution in [1.82, 2.24) is 9.21 Å². The van der Waals surface area contributed by atoms with E-state index in [9.17, 15) is 13.2 Å². The lowest BCUT2D eigenvalue weighted by molar-refractivity contribution is -0.132. The molecule has 0 spiro atoms. The Morgan fingerprint density at radius 1 is 1.00 bits per heavy atom. The Morgan fingerprint density at radius 3 is 2.05 bits per heavy atom. The van der Waals surface area contributed by atoms with Gasteiger partial charge in [0.2, 0.25) is 5.91 Å². The minimum atomic E-state index is -3.62. The van der Waals surface area contributed by atoms with E-state index in [1.807, 2.05) is 0 Å². The zero-order valence-electron chi connectivity index (χ0n) is 11.7. The van der Waals surface area contributed by atoms with Crippen LogP contribution in [-0.2, 0) is 15.0 Å². The van der Waals surface area contributed by atoms with Gasteiger partial charge in [0.05, 0.1) is 0 Å². The average molecular weight is 329 g/mol. The predicted octanol–water partition coefficient (Wildman–Crippen LogP) is -0.335. The Bertz CT molecular complexity index is 383. The van der Waals surface area contributed by atoms with Crippen molar-refractivity contribution in [3.63, 3.8) is 0 Å². The van der Waals surface area contributed by atoms with Crippen LogP contribution in [0.3, 0.4) is 0 Å². The minimum absolute atomic E-state index is 0. The lowest BCUT2D eigenvalue weighted by Crippen LogP contribution is -2.52. The number of rotatable bonds is 7. The number of carbonyl (C=O) groups excluding carboxylic acids is 1. The Labute approximate surface area is 127 Å². The summed E-state index contributed by atoms with van der Waals surface area (Å²) in [6.45, 7) is 2.13. The molecule has 1 aliphatic rings. The molecule has 1 aliphatic heterocycles. The first-order valence-electron chi connectivity index (χ1n) is 6.71. The second-order valence-electron chi connectivity index (χ2n) is 4.78. The van der Waals surface area contributed by atoms with Crippen LogP contribution in [0.5, 0.6) is 0 Å². The standard InChI is InChI=1S/C11H24N4O3S.ClH/c12-6-4-2-1-3-5-11(16)14-7-9-15(10-8-14)19(13,17)18;/h1-10,12H2,(H2,13,17,18);1H. The van der Waals surface area contributed by atoms with E-state index < -0.39 is 10.2 Å². The molecule has 120 valence electrons. The summed E-state index contributed by atoms with van der Waals surface area (Å²) < 4.78 is 23.5. The number of amides is 1. The van der Waals surface area contributed by atoms with Gasteiger partial charge in [-0.2, -0.15) is 12.7 Å². The van der Waals surface area contributed by atoms with Crippen LogP contribution < -0.4 is 10.9 Å². The largest absolute Gasteiger partial charge is 0.340 e. The van der Waals surface area contributed by atoms with Crippen LogP contribution in [0.15, 0.2) is 0 Å². The van der Waals surface area contributed by atoms with Crippen LogP contribution in [0, 0.1) is 0 Å². The molecule has 1 heterocycles. The summed E-state index contributed by atoms with van der Waals surface area (Å²) in [6, 6.07) is 0. The number of hydrogen-bond acceptors (Lipinski definition) is 4. The molecule has 0 aromatic heterocycles. The van der Waals surface area contributed by atoms with E-state index in [4.69, 9.17) is 10.9 Å². The van der Waals surface area contributed by atoms with Crippen molar-refractivity contribution in [2.45, 2.75) is 32.1 Å². The first-order valence-corrected chi connectivity index (χ1v) is 8.21. The van der Waals surface area contributed by atoms with Gasteiger partial charge < -0.3 is 10.6 Å². The van der Waals surface area contributed by atoms with E-state index >= 15 is 0 Å². The monoisotopic (exact) mass is 328 g/mol. The third-order valence-electron chi connectivity index (χ3n) is 3.30. The molecule has 7 nitrogen and oxygen atoms in total. The van der Waals surface area contributed by atoms with Crippen molar-refractivity contribution < 1.29 is 13.2 Å². The van der Waals surface area contributed by atoms with Crippen molar-refractivity contribution in [3.05, 3.63) is 0 Å². The first kappa shape index (κ1) is 19.6. The molecule has 0 aliphatic carbocycles. The normalized spacial score (nSPS) is 16.8. The molecule has 1 fully saturated rings. The third-order valence-corrected chi connectivity index (χ3v) is 4.38. The molecule has 0 radical (unpaired) electrons. The topological polar surface area (TPSA) is 110 Å². The molecule has 1 rings (SSSR count). The number of piperazine rings is 1. The highest BCUT2D eigenvalue weighted by atomic mass is 35.5. The lowest BCUT2D eigenvalue weighted by atomic mass is 10.1. The first-order chi connectivity index (χ1) is 8.95. The van der Waals surface area contributed by atoms with E-state index in [0.29, 0.717) is 26.1 Å². The van der Waals surface area contributed by atoms with Gasteiger partial charge in [0.25, 0.3) is 10.2 Å². The van der Waals surface area contributed by atoms with Gasteiger partial charge in [-0.15, -0.1) is 12.4 Å². The number of unbranched alkanes of at least 4 members (excludes halogenated alkanes) is 3. The molecule has 0 atom stereocenters. The maximum Gasteiger partial charge on any atom is 0.277 e. The average Bonchev–Trinajstić information content (AvgIpc) is 2.37.